The van der Waals surface area contributed by atoms with Gasteiger partial charge >= 0.3 is 0 Å². The first-order valence-electron chi connectivity index (χ1n) is 10.3. The third kappa shape index (κ3) is 4.62. The molecule has 0 amide bonds. The number of Topliss-reactive ketones (excluding diaryl/α,β-unsaturated/α-hetero) is 1. The van der Waals surface area contributed by atoms with Crippen molar-refractivity contribution in [3.63, 3.8) is 0 Å². The number of methoxy groups -OCH3 is 1. The van der Waals surface area contributed by atoms with Crippen molar-refractivity contribution >= 4 is 22.5 Å². The fraction of sp³-hybridized carbons (Fsp3) is 0.455. The van der Waals surface area contributed by atoms with Crippen molar-refractivity contribution in [2.24, 2.45) is 0 Å². The smallest absolute Gasteiger partial charge is 0.185 e. The van der Waals surface area contributed by atoms with E-state index in [-0.39, 0.29) is 5.78 Å². The largest absolute Gasteiger partial charge is 0.383 e. The Balaban J connectivity index is 1.53. The lowest BCUT2D eigenvalue weighted by Crippen LogP contribution is -2.39. The standard InChI is InChI=1S/C22H27N5O2/c1-29-10-9-27(18-5-3-2-4-6-18)22-13-20(23-15-24-22)21(28)12-16-7-8-19-17(11-16)14-25-26-19/h7-8,11,13-15,18H,2-6,9-10,12H2,1H3,(H,25,26). The van der Waals surface area contributed by atoms with Crippen LogP contribution in [0, 0.1) is 0 Å². The van der Waals surface area contributed by atoms with Gasteiger partial charge in [-0.1, -0.05) is 25.3 Å². The maximum Gasteiger partial charge on any atom is 0.185 e. The first-order valence-corrected chi connectivity index (χ1v) is 10.3. The zero-order valence-electron chi connectivity index (χ0n) is 16.8. The Bertz CT molecular complexity index is 965. The van der Waals surface area contributed by atoms with Gasteiger partial charge in [0, 0.05) is 37.6 Å². The number of anilines is 1. The molecule has 0 aliphatic heterocycles. The van der Waals surface area contributed by atoms with Gasteiger partial charge in [0.25, 0.3) is 0 Å². The number of carbonyl (C=O) groups excluding carboxylic acids is 1. The van der Waals surface area contributed by atoms with E-state index in [4.69, 9.17) is 4.74 Å². The number of hydrogen-bond donors (Lipinski definition) is 1. The molecule has 1 fully saturated rings. The number of nitrogens with zero attached hydrogens (tertiary/aromatic N) is 4. The van der Waals surface area contributed by atoms with Gasteiger partial charge in [0.1, 0.15) is 17.8 Å². The second kappa shape index (κ2) is 9.13. The number of carbonyl (C=O) groups is 1. The van der Waals surface area contributed by atoms with E-state index in [1.807, 2.05) is 24.3 Å². The molecule has 3 aromatic rings. The van der Waals surface area contributed by atoms with Crippen LogP contribution in [0.5, 0.6) is 0 Å². The molecular weight excluding hydrogens is 366 g/mol. The molecule has 152 valence electrons. The van der Waals surface area contributed by atoms with Gasteiger partial charge in [-0.15, -0.1) is 0 Å². The second-order valence-corrected chi connectivity index (χ2v) is 7.63. The molecule has 1 aliphatic carbocycles. The lowest BCUT2D eigenvalue weighted by Gasteiger charge is -2.35. The predicted octanol–water partition coefficient (Wildman–Crippen LogP) is 3.56. The average molecular weight is 393 g/mol. The average Bonchev–Trinajstić information content (AvgIpc) is 3.23. The van der Waals surface area contributed by atoms with Crippen molar-refractivity contribution in [3.8, 4) is 0 Å². The molecule has 1 saturated carbocycles. The maximum atomic E-state index is 12.9. The Morgan fingerprint density at radius 3 is 2.90 bits per heavy atom. The highest BCUT2D eigenvalue weighted by Gasteiger charge is 2.23. The highest BCUT2D eigenvalue weighted by Crippen LogP contribution is 2.26. The minimum absolute atomic E-state index is 0.00756. The van der Waals surface area contributed by atoms with Crippen LogP contribution in [0.25, 0.3) is 10.9 Å². The summed E-state index contributed by atoms with van der Waals surface area (Å²) in [5, 5.41) is 7.96. The van der Waals surface area contributed by atoms with E-state index in [0.717, 1.165) is 41.7 Å². The van der Waals surface area contributed by atoms with Crippen molar-refractivity contribution in [1.82, 2.24) is 20.2 Å². The Morgan fingerprint density at radius 2 is 2.07 bits per heavy atom. The zero-order chi connectivity index (χ0) is 20.1. The van der Waals surface area contributed by atoms with Crippen molar-refractivity contribution in [2.75, 3.05) is 25.2 Å². The molecule has 0 bridgehead atoms. The maximum absolute atomic E-state index is 12.9. The first kappa shape index (κ1) is 19.5. The molecule has 1 aromatic carbocycles. The van der Waals surface area contributed by atoms with Gasteiger partial charge in [-0.25, -0.2) is 9.97 Å². The molecule has 7 heteroatoms. The molecule has 2 heterocycles. The Morgan fingerprint density at radius 1 is 1.21 bits per heavy atom. The quantitative estimate of drug-likeness (QED) is 0.589. The van der Waals surface area contributed by atoms with E-state index in [9.17, 15) is 4.79 Å². The number of aromatic nitrogens is 4. The Kier molecular flexibility index (Phi) is 6.14. The topological polar surface area (TPSA) is 84.0 Å². The number of ether oxygens (including phenoxy) is 1. The fourth-order valence-electron chi connectivity index (χ4n) is 4.10. The van der Waals surface area contributed by atoms with E-state index in [1.54, 1.807) is 13.3 Å². The summed E-state index contributed by atoms with van der Waals surface area (Å²) < 4.78 is 5.31. The molecule has 0 saturated heterocycles. The van der Waals surface area contributed by atoms with Gasteiger partial charge in [-0.3, -0.25) is 9.89 Å². The minimum atomic E-state index is -0.00756. The van der Waals surface area contributed by atoms with Crippen molar-refractivity contribution in [3.05, 3.63) is 48.0 Å². The molecule has 0 atom stereocenters. The third-order valence-electron chi connectivity index (χ3n) is 5.65. The molecule has 0 radical (unpaired) electrons. The SMILES string of the molecule is COCCN(c1cc(C(=O)Cc2ccc3[nH]ncc3c2)ncn1)C1CCCCC1. The molecular formula is C22H27N5O2. The summed E-state index contributed by atoms with van der Waals surface area (Å²) in [6, 6.07) is 8.17. The zero-order valence-corrected chi connectivity index (χ0v) is 16.8. The van der Waals surface area contributed by atoms with Crippen LogP contribution in [-0.4, -0.2) is 52.3 Å². The van der Waals surface area contributed by atoms with Gasteiger partial charge in [0.05, 0.1) is 18.3 Å². The van der Waals surface area contributed by atoms with Crippen LogP contribution >= 0.6 is 0 Å². The molecule has 29 heavy (non-hydrogen) atoms. The fourth-order valence-corrected chi connectivity index (χ4v) is 4.10. The van der Waals surface area contributed by atoms with E-state index in [0.29, 0.717) is 24.8 Å². The van der Waals surface area contributed by atoms with Crippen LogP contribution in [0.15, 0.2) is 36.8 Å². The lowest BCUT2D eigenvalue weighted by molar-refractivity contribution is 0.0988. The lowest BCUT2D eigenvalue weighted by atomic mass is 9.94. The summed E-state index contributed by atoms with van der Waals surface area (Å²) in [5.74, 6) is 0.810. The van der Waals surface area contributed by atoms with Gasteiger partial charge < -0.3 is 9.64 Å². The molecule has 1 aliphatic rings. The molecule has 7 nitrogen and oxygen atoms in total. The van der Waals surface area contributed by atoms with Gasteiger partial charge in [0.15, 0.2) is 5.78 Å². The number of ketones is 1. The van der Waals surface area contributed by atoms with Crippen LogP contribution in [0.2, 0.25) is 0 Å². The summed E-state index contributed by atoms with van der Waals surface area (Å²) >= 11 is 0. The normalized spacial score (nSPS) is 14.9. The summed E-state index contributed by atoms with van der Waals surface area (Å²) in [5.41, 5.74) is 2.37. The number of fused-ring (bicyclic) bond motifs is 1. The Labute approximate surface area is 170 Å². The Hall–Kier alpha value is -2.80. The van der Waals surface area contributed by atoms with Crippen molar-refractivity contribution in [2.45, 2.75) is 44.6 Å². The van der Waals surface area contributed by atoms with E-state index < -0.39 is 0 Å². The van der Waals surface area contributed by atoms with Gasteiger partial charge in [-0.05, 0) is 30.5 Å². The minimum Gasteiger partial charge on any atom is -0.383 e. The molecule has 0 unspecified atom stereocenters. The van der Waals surface area contributed by atoms with E-state index in [1.165, 1.54) is 25.6 Å². The number of nitrogens with one attached hydrogen (secondary N) is 1. The predicted molar refractivity (Wildman–Crippen MR) is 112 cm³/mol. The van der Waals surface area contributed by atoms with Crippen LogP contribution in [0.3, 0.4) is 0 Å². The first-order chi connectivity index (χ1) is 14.2. The third-order valence-corrected chi connectivity index (χ3v) is 5.65. The number of hydrogen-bond acceptors (Lipinski definition) is 6. The van der Waals surface area contributed by atoms with Crippen LogP contribution in [0.1, 0.15) is 48.2 Å². The van der Waals surface area contributed by atoms with E-state index in [2.05, 4.69) is 25.1 Å². The van der Waals surface area contributed by atoms with E-state index >= 15 is 0 Å². The number of benzene rings is 1. The molecule has 2 aromatic heterocycles. The molecule has 0 spiro atoms. The van der Waals surface area contributed by atoms with Gasteiger partial charge in [-0.2, -0.15) is 5.10 Å². The van der Waals surface area contributed by atoms with Crippen LogP contribution in [0.4, 0.5) is 5.82 Å². The summed E-state index contributed by atoms with van der Waals surface area (Å²) in [7, 11) is 1.71. The van der Waals surface area contributed by atoms with Crippen LogP contribution < -0.4 is 4.90 Å². The summed E-state index contributed by atoms with van der Waals surface area (Å²) in [6.07, 6.45) is 9.66. The molecule has 1 N–H and O–H groups in total. The number of aromatic amines is 1. The highest BCUT2D eigenvalue weighted by molar-refractivity contribution is 5.96. The monoisotopic (exact) mass is 393 g/mol. The van der Waals surface area contributed by atoms with Crippen LogP contribution in [-0.2, 0) is 11.2 Å². The summed E-state index contributed by atoms with van der Waals surface area (Å²) in [6.45, 7) is 1.40. The highest BCUT2D eigenvalue weighted by atomic mass is 16.5. The second-order valence-electron chi connectivity index (χ2n) is 7.63. The van der Waals surface area contributed by atoms with Crippen molar-refractivity contribution in [1.29, 1.82) is 0 Å². The summed E-state index contributed by atoms with van der Waals surface area (Å²) in [4.78, 5) is 23.9. The van der Waals surface area contributed by atoms with Crippen molar-refractivity contribution < 1.29 is 9.53 Å². The number of rotatable bonds is 8. The number of H-pyrrole nitrogens is 1. The van der Waals surface area contributed by atoms with Gasteiger partial charge in [0.2, 0.25) is 0 Å². The molecule has 4 rings (SSSR count).